The van der Waals surface area contributed by atoms with Gasteiger partial charge in [0, 0.05) is 24.7 Å². The van der Waals surface area contributed by atoms with Crippen LogP contribution in [0.1, 0.15) is 30.3 Å². The number of nitrogens with zero attached hydrogens (tertiary/aromatic N) is 4. The minimum Gasteiger partial charge on any atom is -0.461 e. The van der Waals surface area contributed by atoms with Gasteiger partial charge in [0.05, 0.1) is 12.8 Å². The summed E-state index contributed by atoms with van der Waals surface area (Å²) in [5.74, 6) is 3.07. The van der Waals surface area contributed by atoms with Crippen molar-refractivity contribution in [2.45, 2.75) is 25.4 Å². The van der Waals surface area contributed by atoms with Crippen molar-refractivity contribution in [2.75, 3.05) is 27.2 Å². The molecule has 1 saturated heterocycles. The molecule has 164 valence electrons. The van der Waals surface area contributed by atoms with E-state index >= 15 is 0 Å². The van der Waals surface area contributed by atoms with Gasteiger partial charge in [0.25, 0.3) is 0 Å². The number of hydrogen-bond acceptors (Lipinski definition) is 5. The summed E-state index contributed by atoms with van der Waals surface area (Å²) in [6, 6.07) is 12.2. The molecule has 0 spiro atoms. The summed E-state index contributed by atoms with van der Waals surface area (Å²) >= 11 is 6.26. The molecular formula is C22H28ClN7O. The number of aromatic amines is 1. The second-order valence-electron chi connectivity index (χ2n) is 7.77. The Morgan fingerprint density at radius 2 is 2.23 bits per heavy atom. The van der Waals surface area contributed by atoms with Crippen molar-refractivity contribution in [3.8, 4) is 11.6 Å². The molecule has 31 heavy (non-hydrogen) atoms. The zero-order chi connectivity index (χ0) is 21.6. The van der Waals surface area contributed by atoms with Crippen LogP contribution in [0.25, 0.3) is 11.6 Å². The van der Waals surface area contributed by atoms with Crippen LogP contribution in [0.2, 0.25) is 5.02 Å². The van der Waals surface area contributed by atoms with E-state index in [1.807, 2.05) is 24.3 Å². The molecule has 2 unspecified atom stereocenters. The minimum absolute atomic E-state index is 0.322. The van der Waals surface area contributed by atoms with Gasteiger partial charge in [-0.1, -0.05) is 23.7 Å². The number of hydrogen-bond donors (Lipinski definition) is 3. The monoisotopic (exact) mass is 441 g/mol. The summed E-state index contributed by atoms with van der Waals surface area (Å²) in [7, 11) is 3.96. The number of aliphatic imine (C=N–C) groups is 1. The van der Waals surface area contributed by atoms with E-state index in [1.165, 1.54) is 12.0 Å². The standard InChI is InChI=1S/C22H28ClN7O/c1-24-22(26-14-19-27-21(29-28-19)18-9-5-11-31-18)25-13-16-7-4-10-30(2)20(16)15-6-3-8-17(23)12-15/h3,5-6,8-9,11-12,16,20H,4,7,10,13-14H2,1-2H3,(H2,24,25,26)(H,27,28,29). The van der Waals surface area contributed by atoms with Crippen LogP contribution in [0.5, 0.6) is 0 Å². The molecule has 0 radical (unpaired) electrons. The quantitative estimate of drug-likeness (QED) is 0.400. The molecule has 1 fully saturated rings. The molecule has 0 saturated carbocycles. The van der Waals surface area contributed by atoms with Gasteiger partial charge in [0.2, 0.25) is 5.82 Å². The molecule has 9 heteroatoms. The number of likely N-dealkylation sites (tertiary alicyclic amines) is 1. The summed E-state index contributed by atoms with van der Waals surface area (Å²) in [4.78, 5) is 11.2. The van der Waals surface area contributed by atoms with Crippen molar-refractivity contribution >= 4 is 17.6 Å². The van der Waals surface area contributed by atoms with Gasteiger partial charge in [0.15, 0.2) is 11.7 Å². The molecule has 2 aromatic heterocycles. The van der Waals surface area contributed by atoms with Gasteiger partial charge in [-0.2, -0.15) is 0 Å². The number of nitrogens with one attached hydrogen (secondary N) is 3. The molecule has 0 aliphatic carbocycles. The first kappa shape index (κ1) is 21.4. The smallest absolute Gasteiger partial charge is 0.216 e. The Balaban J connectivity index is 1.35. The average Bonchev–Trinajstić information content (AvgIpc) is 3.46. The SMILES string of the molecule is CN=C(NCc1nc(-c2ccco2)n[nH]1)NCC1CCCN(C)C1c1cccc(Cl)c1. The van der Waals surface area contributed by atoms with E-state index in [4.69, 9.17) is 16.0 Å². The molecule has 3 aromatic rings. The van der Waals surface area contributed by atoms with Crippen LogP contribution in [0, 0.1) is 5.92 Å². The number of aromatic nitrogens is 3. The third kappa shape index (κ3) is 5.26. The summed E-state index contributed by atoms with van der Waals surface area (Å²) in [6.45, 7) is 2.38. The van der Waals surface area contributed by atoms with Crippen molar-refractivity contribution in [1.29, 1.82) is 0 Å². The molecule has 1 aromatic carbocycles. The Kier molecular flexibility index (Phi) is 6.89. The Labute approximate surface area is 187 Å². The van der Waals surface area contributed by atoms with E-state index in [9.17, 15) is 0 Å². The second kappa shape index (κ2) is 9.98. The first-order chi connectivity index (χ1) is 15.1. The van der Waals surface area contributed by atoms with Crippen LogP contribution in [-0.4, -0.2) is 53.2 Å². The van der Waals surface area contributed by atoms with Gasteiger partial charge >= 0.3 is 0 Å². The summed E-state index contributed by atoms with van der Waals surface area (Å²) < 4.78 is 5.33. The van der Waals surface area contributed by atoms with Crippen LogP contribution < -0.4 is 10.6 Å². The van der Waals surface area contributed by atoms with E-state index in [0.29, 0.717) is 35.9 Å². The molecule has 3 heterocycles. The number of furan rings is 1. The zero-order valence-electron chi connectivity index (χ0n) is 17.8. The van der Waals surface area contributed by atoms with E-state index in [0.717, 1.165) is 30.5 Å². The fourth-order valence-electron chi connectivity index (χ4n) is 4.20. The second-order valence-corrected chi connectivity index (χ2v) is 8.21. The highest BCUT2D eigenvalue weighted by Crippen LogP contribution is 2.35. The summed E-state index contributed by atoms with van der Waals surface area (Å²) in [5, 5.41) is 14.7. The molecular weight excluding hydrogens is 414 g/mol. The average molecular weight is 442 g/mol. The lowest BCUT2D eigenvalue weighted by atomic mass is 9.85. The van der Waals surface area contributed by atoms with Gasteiger partial charge in [-0.25, -0.2) is 4.98 Å². The summed E-state index contributed by atoms with van der Waals surface area (Å²) in [5.41, 5.74) is 1.26. The fourth-order valence-corrected chi connectivity index (χ4v) is 4.40. The third-order valence-corrected chi connectivity index (χ3v) is 5.88. The molecule has 1 aliphatic heterocycles. The number of piperidine rings is 1. The molecule has 2 atom stereocenters. The number of rotatable bonds is 6. The highest BCUT2D eigenvalue weighted by Gasteiger charge is 2.30. The van der Waals surface area contributed by atoms with Gasteiger partial charge in [-0.3, -0.25) is 15.0 Å². The topological polar surface area (TPSA) is 94.4 Å². The maximum Gasteiger partial charge on any atom is 0.216 e. The fraction of sp³-hybridized carbons (Fsp3) is 0.409. The lowest BCUT2D eigenvalue weighted by molar-refractivity contribution is 0.122. The van der Waals surface area contributed by atoms with Crippen LogP contribution in [0.3, 0.4) is 0 Å². The van der Waals surface area contributed by atoms with E-state index in [1.54, 1.807) is 13.3 Å². The predicted molar refractivity (Wildman–Crippen MR) is 122 cm³/mol. The molecule has 3 N–H and O–H groups in total. The van der Waals surface area contributed by atoms with E-state index < -0.39 is 0 Å². The Hall–Kier alpha value is -2.84. The minimum atomic E-state index is 0.322. The van der Waals surface area contributed by atoms with Crippen molar-refractivity contribution < 1.29 is 4.42 Å². The van der Waals surface area contributed by atoms with Crippen LogP contribution in [-0.2, 0) is 6.54 Å². The van der Waals surface area contributed by atoms with Crippen LogP contribution in [0.4, 0.5) is 0 Å². The van der Waals surface area contributed by atoms with Crippen molar-refractivity contribution in [1.82, 2.24) is 30.7 Å². The summed E-state index contributed by atoms with van der Waals surface area (Å²) in [6.07, 6.45) is 3.94. The highest BCUT2D eigenvalue weighted by molar-refractivity contribution is 6.30. The van der Waals surface area contributed by atoms with Gasteiger partial charge in [-0.15, -0.1) is 5.10 Å². The molecule has 0 bridgehead atoms. The number of halogens is 1. The maximum atomic E-state index is 6.26. The zero-order valence-corrected chi connectivity index (χ0v) is 18.6. The van der Waals surface area contributed by atoms with Crippen LogP contribution in [0.15, 0.2) is 52.1 Å². The molecule has 1 aliphatic rings. The highest BCUT2D eigenvalue weighted by atomic mass is 35.5. The van der Waals surface area contributed by atoms with E-state index in [2.05, 4.69) is 54.9 Å². The Bertz CT molecular complexity index is 1000. The lowest BCUT2D eigenvalue weighted by Crippen LogP contribution is -2.45. The lowest BCUT2D eigenvalue weighted by Gasteiger charge is -2.40. The van der Waals surface area contributed by atoms with E-state index in [-0.39, 0.29) is 0 Å². The first-order valence-electron chi connectivity index (χ1n) is 10.5. The van der Waals surface area contributed by atoms with Gasteiger partial charge in [0.1, 0.15) is 5.82 Å². The maximum absolute atomic E-state index is 6.26. The number of benzene rings is 1. The first-order valence-corrected chi connectivity index (χ1v) is 10.9. The predicted octanol–water partition coefficient (Wildman–Crippen LogP) is 3.47. The molecule has 8 nitrogen and oxygen atoms in total. The number of guanidine groups is 1. The van der Waals surface area contributed by atoms with Crippen molar-refractivity contribution in [3.05, 3.63) is 59.1 Å². The van der Waals surface area contributed by atoms with Crippen molar-refractivity contribution in [2.24, 2.45) is 10.9 Å². The van der Waals surface area contributed by atoms with Crippen LogP contribution >= 0.6 is 11.6 Å². The largest absolute Gasteiger partial charge is 0.461 e. The van der Waals surface area contributed by atoms with Gasteiger partial charge in [-0.05, 0) is 62.2 Å². The normalized spacial score (nSPS) is 20.0. The number of H-pyrrole nitrogens is 1. The van der Waals surface area contributed by atoms with Crippen molar-refractivity contribution in [3.63, 3.8) is 0 Å². The third-order valence-electron chi connectivity index (χ3n) is 5.65. The Morgan fingerprint density at radius 3 is 3.00 bits per heavy atom. The Morgan fingerprint density at radius 1 is 1.32 bits per heavy atom. The molecule has 0 amide bonds. The van der Waals surface area contributed by atoms with Gasteiger partial charge < -0.3 is 15.1 Å². The molecule has 4 rings (SSSR count).